The van der Waals surface area contributed by atoms with Gasteiger partial charge in [0.05, 0.1) is 5.56 Å². The molecule has 0 radical (unpaired) electrons. The smallest absolute Gasteiger partial charge is 0.350 e. The number of nitrogens with zero attached hydrogens (tertiary/aromatic N) is 2. The molecule has 1 saturated heterocycles. The molecule has 0 aromatic carbocycles. The second-order valence-corrected chi connectivity index (χ2v) is 7.23. The highest BCUT2D eigenvalue weighted by Crippen LogP contribution is 2.35. The van der Waals surface area contributed by atoms with Gasteiger partial charge < -0.3 is 13.9 Å². The van der Waals surface area contributed by atoms with Crippen LogP contribution in [0.5, 0.6) is 0 Å². The molecule has 1 amide bonds. The first-order chi connectivity index (χ1) is 11.5. The first kappa shape index (κ1) is 15.4. The Labute approximate surface area is 145 Å². The number of aromatic nitrogens is 1. The van der Waals surface area contributed by atoms with Gasteiger partial charge in [-0.2, -0.15) is 0 Å². The van der Waals surface area contributed by atoms with Crippen LogP contribution in [0.25, 0.3) is 0 Å². The van der Waals surface area contributed by atoms with Crippen LogP contribution in [0.2, 0.25) is 0 Å². The van der Waals surface area contributed by atoms with E-state index in [2.05, 4.69) is 15.9 Å². The zero-order chi connectivity index (χ0) is 16.8. The van der Waals surface area contributed by atoms with Gasteiger partial charge in [-0.3, -0.25) is 9.59 Å². The molecule has 24 heavy (non-hydrogen) atoms. The van der Waals surface area contributed by atoms with Gasteiger partial charge in [0.25, 0.3) is 11.5 Å². The third kappa shape index (κ3) is 2.53. The fourth-order valence-electron chi connectivity index (χ4n) is 3.76. The molecule has 7 heteroatoms. The first-order valence-corrected chi connectivity index (χ1v) is 8.59. The summed E-state index contributed by atoms with van der Waals surface area (Å²) in [4.78, 5) is 37.9. The lowest BCUT2D eigenvalue weighted by Crippen LogP contribution is -2.49. The van der Waals surface area contributed by atoms with E-state index in [0.29, 0.717) is 25.2 Å². The summed E-state index contributed by atoms with van der Waals surface area (Å²) in [6.07, 6.45) is 2.19. The molecule has 2 aromatic rings. The molecule has 2 aliphatic heterocycles. The summed E-state index contributed by atoms with van der Waals surface area (Å²) >= 11 is 3.10. The highest BCUT2D eigenvalue weighted by molar-refractivity contribution is 9.10. The molecule has 0 N–H and O–H groups in total. The Bertz CT molecular complexity index is 933. The minimum absolute atomic E-state index is 0.0238. The van der Waals surface area contributed by atoms with Gasteiger partial charge in [0.1, 0.15) is 10.7 Å². The van der Waals surface area contributed by atoms with Gasteiger partial charge in [0.2, 0.25) is 0 Å². The number of pyridine rings is 1. The van der Waals surface area contributed by atoms with Crippen molar-refractivity contribution in [3.05, 3.63) is 67.0 Å². The van der Waals surface area contributed by atoms with Crippen molar-refractivity contribution in [3.8, 4) is 0 Å². The highest BCUT2D eigenvalue weighted by Gasteiger charge is 2.36. The fourth-order valence-corrected chi connectivity index (χ4v) is 4.10. The summed E-state index contributed by atoms with van der Waals surface area (Å²) in [5, 5.41) is 0. The summed E-state index contributed by atoms with van der Waals surface area (Å²) in [6.45, 7) is 1.81. The van der Waals surface area contributed by atoms with Crippen LogP contribution in [-0.2, 0) is 6.54 Å². The highest BCUT2D eigenvalue weighted by atomic mass is 79.9. The standard InChI is InChI=1S/C17H15BrN2O4/c18-13-5-12(9-24-17(13)23)16(22)19-6-10-4-11(8-19)14-2-1-3-15(21)20(14)7-10/h1-3,5,9-11H,4,6-8H2/t10-,11+/m0/s1. The molecule has 1 fully saturated rings. The molecule has 2 aliphatic rings. The Morgan fingerprint density at radius 3 is 2.83 bits per heavy atom. The molecule has 4 rings (SSSR count). The van der Waals surface area contributed by atoms with Crippen LogP contribution in [0.4, 0.5) is 0 Å². The van der Waals surface area contributed by atoms with Crippen molar-refractivity contribution in [3.63, 3.8) is 0 Å². The van der Waals surface area contributed by atoms with Crippen LogP contribution >= 0.6 is 15.9 Å². The summed E-state index contributed by atoms with van der Waals surface area (Å²) in [5.41, 5.74) is 0.870. The summed E-state index contributed by atoms with van der Waals surface area (Å²) in [5.74, 6) is 0.273. The van der Waals surface area contributed by atoms with Gasteiger partial charge in [-0.25, -0.2) is 4.79 Å². The average Bonchev–Trinajstić information content (AvgIpc) is 2.57. The van der Waals surface area contributed by atoms with Crippen molar-refractivity contribution < 1.29 is 9.21 Å². The average molecular weight is 391 g/mol. The molecule has 6 nitrogen and oxygen atoms in total. The number of rotatable bonds is 1. The Kier molecular flexibility index (Phi) is 3.68. The third-order valence-corrected chi connectivity index (χ3v) is 5.34. The molecule has 4 heterocycles. The van der Waals surface area contributed by atoms with E-state index in [1.807, 2.05) is 10.6 Å². The van der Waals surface area contributed by atoms with Gasteiger partial charge in [-0.1, -0.05) is 6.07 Å². The summed E-state index contributed by atoms with van der Waals surface area (Å²) < 4.78 is 6.94. The minimum atomic E-state index is -0.504. The molecule has 2 atom stereocenters. The van der Waals surface area contributed by atoms with Crippen molar-refractivity contribution in [2.45, 2.75) is 18.9 Å². The van der Waals surface area contributed by atoms with Crippen molar-refractivity contribution >= 4 is 21.8 Å². The number of piperidine rings is 1. The lowest BCUT2D eigenvalue weighted by molar-refractivity contribution is 0.0592. The lowest BCUT2D eigenvalue weighted by atomic mass is 9.83. The molecule has 0 saturated carbocycles. The molecule has 2 bridgehead atoms. The van der Waals surface area contributed by atoms with Gasteiger partial charge in [0.15, 0.2) is 0 Å². The normalized spacial score (nSPS) is 22.1. The second-order valence-electron chi connectivity index (χ2n) is 6.38. The Hall–Kier alpha value is -2.15. The number of fused-ring (bicyclic) bond motifs is 4. The maximum Gasteiger partial charge on any atom is 0.350 e. The molecule has 0 spiro atoms. The van der Waals surface area contributed by atoms with Crippen LogP contribution in [0.3, 0.4) is 0 Å². The van der Waals surface area contributed by atoms with E-state index >= 15 is 0 Å². The van der Waals surface area contributed by atoms with E-state index in [-0.39, 0.29) is 27.8 Å². The van der Waals surface area contributed by atoms with Crippen LogP contribution in [0, 0.1) is 5.92 Å². The predicted molar refractivity (Wildman–Crippen MR) is 90.1 cm³/mol. The SMILES string of the molecule is O=C(c1coc(=O)c(Br)c1)N1C[C@@H]2C[C@H](C1)c1cccc(=O)n1C2. The van der Waals surface area contributed by atoms with Crippen molar-refractivity contribution in [1.82, 2.24) is 9.47 Å². The number of likely N-dealkylation sites (tertiary alicyclic amines) is 1. The number of hydrogen-bond acceptors (Lipinski definition) is 4. The van der Waals surface area contributed by atoms with Gasteiger partial charge >= 0.3 is 5.63 Å². The van der Waals surface area contributed by atoms with Crippen LogP contribution in [0.1, 0.15) is 28.4 Å². The van der Waals surface area contributed by atoms with E-state index in [9.17, 15) is 14.4 Å². The molecular weight excluding hydrogens is 376 g/mol. The van der Waals surface area contributed by atoms with E-state index in [1.54, 1.807) is 17.0 Å². The van der Waals surface area contributed by atoms with Crippen molar-refractivity contribution in [2.24, 2.45) is 5.92 Å². The van der Waals surface area contributed by atoms with Crippen molar-refractivity contribution in [1.29, 1.82) is 0 Å². The quantitative estimate of drug-likeness (QED) is 0.744. The van der Waals surface area contributed by atoms with Crippen LogP contribution in [0.15, 0.2) is 49.0 Å². The fraction of sp³-hybridized carbons (Fsp3) is 0.353. The summed E-state index contributed by atoms with van der Waals surface area (Å²) in [6, 6.07) is 6.82. The van der Waals surface area contributed by atoms with Crippen LogP contribution in [-0.4, -0.2) is 28.5 Å². The molecule has 0 aliphatic carbocycles. The van der Waals surface area contributed by atoms with E-state index in [0.717, 1.165) is 12.1 Å². The van der Waals surface area contributed by atoms with Crippen molar-refractivity contribution in [2.75, 3.05) is 13.1 Å². The van der Waals surface area contributed by atoms with E-state index < -0.39 is 5.63 Å². The number of halogens is 1. The molecule has 124 valence electrons. The first-order valence-electron chi connectivity index (χ1n) is 7.80. The number of carbonyl (C=O) groups is 1. The molecule has 0 unspecified atom stereocenters. The number of carbonyl (C=O) groups excluding carboxylic acids is 1. The topological polar surface area (TPSA) is 72.5 Å². The number of hydrogen-bond donors (Lipinski definition) is 0. The monoisotopic (exact) mass is 390 g/mol. The predicted octanol–water partition coefficient (Wildman–Crippen LogP) is 1.82. The van der Waals surface area contributed by atoms with Gasteiger partial charge in [-0.05, 0) is 40.4 Å². The van der Waals surface area contributed by atoms with Gasteiger partial charge in [0, 0.05) is 37.3 Å². The Balaban J connectivity index is 1.64. The summed E-state index contributed by atoms with van der Waals surface area (Å²) in [7, 11) is 0. The van der Waals surface area contributed by atoms with Gasteiger partial charge in [-0.15, -0.1) is 0 Å². The number of amides is 1. The molecular formula is C17H15BrN2O4. The maximum atomic E-state index is 12.7. The molecule has 2 aromatic heterocycles. The van der Waals surface area contributed by atoms with E-state index in [1.165, 1.54) is 12.3 Å². The zero-order valence-corrected chi connectivity index (χ0v) is 14.4. The van der Waals surface area contributed by atoms with Crippen LogP contribution < -0.4 is 11.2 Å². The third-order valence-electron chi connectivity index (χ3n) is 4.78. The lowest BCUT2D eigenvalue weighted by Gasteiger charge is -2.42. The Morgan fingerprint density at radius 1 is 1.21 bits per heavy atom. The minimum Gasteiger partial charge on any atom is -0.430 e. The second kappa shape index (κ2) is 5.73. The maximum absolute atomic E-state index is 12.7. The zero-order valence-electron chi connectivity index (χ0n) is 12.8. The Morgan fingerprint density at radius 2 is 2.04 bits per heavy atom. The largest absolute Gasteiger partial charge is 0.430 e. The van der Waals surface area contributed by atoms with E-state index in [4.69, 9.17) is 4.42 Å².